The first-order valence-electron chi connectivity index (χ1n) is 7.26. The minimum absolute atomic E-state index is 0.0471. The highest BCUT2D eigenvalue weighted by molar-refractivity contribution is 9.10. The van der Waals surface area contributed by atoms with Crippen LogP contribution in [0.4, 0.5) is 5.69 Å². The smallest absolute Gasteiger partial charge is 0.258 e. The molecule has 0 radical (unpaired) electrons. The van der Waals surface area contributed by atoms with Crippen LogP contribution in [0.25, 0.3) is 5.69 Å². The van der Waals surface area contributed by atoms with Crippen molar-refractivity contribution in [2.45, 2.75) is 6.92 Å². The second-order valence-electron chi connectivity index (χ2n) is 5.24. The Hall–Kier alpha value is -2.73. The van der Waals surface area contributed by atoms with E-state index in [9.17, 15) is 9.59 Å². The van der Waals surface area contributed by atoms with Crippen LogP contribution in [0.15, 0.2) is 65.4 Å². The molecule has 0 saturated heterocycles. The van der Waals surface area contributed by atoms with E-state index >= 15 is 0 Å². The van der Waals surface area contributed by atoms with Gasteiger partial charge in [-0.1, -0.05) is 28.1 Å². The Morgan fingerprint density at radius 3 is 2.54 bits per heavy atom. The maximum atomic E-state index is 12.3. The van der Waals surface area contributed by atoms with Gasteiger partial charge in [-0.05, 0) is 43.3 Å². The molecule has 5 nitrogen and oxygen atoms in total. The summed E-state index contributed by atoms with van der Waals surface area (Å²) in [5, 5.41) is 6.99. The molecule has 0 spiro atoms. The van der Waals surface area contributed by atoms with E-state index in [1.54, 1.807) is 35.1 Å². The van der Waals surface area contributed by atoms with Crippen LogP contribution >= 0.6 is 15.9 Å². The van der Waals surface area contributed by atoms with Crippen LogP contribution in [0.2, 0.25) is 0 Å². The number of aromatic nitrogens is 2. The topological polar surface area (TPSA) is 64.0 Å². The molecule has 1 N–H and O–H groups in total. The fraction of sp³-hybridized carbons (Fsp3) is 0.0556. The first kappa shape index (κ1) is 16.1. The number of amides is 1. The molecule has 2 aromatic carbocycles. The number of nitrogens with zero attached hydrogens (tertiary/aromatic N) is 2. The van der Waals surface area contributed by atoms with Gasteiger partial charge < -0.3 is 5.32 Å². The van der Waals surface area contributed by atoms with Crippen LogP contribution in [0.3, 0.4) is 0 Å². The third kappa shape index (κ3) is 3.60. The lowest BCUT2D eigenvalue weighted by atomic mass is 10.1. The Balaban J connectivity index is 1.77. The number of ketones is 1. The Labute approximate surface area is 147 Å². The third-order valence-corrected chi connectivity index (χ3v) is 3.99. The van der Waals surface area contributed by atoms with Gasteiger partial charge in [0.15, 0.2) is 5.78 Å². The molecule has 0 bridgehead atoms. The highest BCUT2D eigenvalue weighted by Crippen LogP contribution is 2.16. The van der Waals surface area contributed by atoms with Crippen LogP contribution in [0.5, 0.6) is 0 Å². The maximum absolute atomic E-state index is 12.3. The van der Waals surface area contributed by atoms with Gasteiger partial charge in [0.2, 0.25) is 0 Å². The molecule has 3 rings (SSSR count). The van der Waals surface area contributed by atoms with Gasteiger partial charge in [0, 0.05) is 21.9 Å². The molecule has 0 aliphatic carbocycles. The number of carbonyl (C=O) groups excluding carboxylic acids is 2. The summed E-state index contributed by atoms with van der Waals surface area (Å²) in [5.74, 6) is -0.326. The summed E-state index contributed by atoms with van der Waals surface area (Å²) in [6.07, 6.45) is 3.17. The number of nitrogens with one attached hydrogen (secondary N) is 1. The van der Waals surface area contributed by atoms with E-state index in [0.29, 0.717) is 16.8 Å². The molecule has 0 aliphatic rings. The van der Waals surface area contributed by atoms with E-state index in [0.717, 1.165) is 10.2 Å². The number of halogens is 1. The summed E-state index contributed by atoms with van der Waals surface area (Å²) in [6, 6.07) is 14.4. The molecule has 6 heteroatoms. The molecular weight excluding hydrogens is 370 g/mol. The zero-order valence-corrected chi connectivity index (χ0v) is 14.4. The van der Waals surface area contributed by atoms with Crippen molar-refractivity contribution in [3.05, 3.63) is 76.5 Å². The Bertz CT molecular complexity index is 901. The van der Waals surface area contributed by atoms with Crippen molar-refractivity contribution in [2.24, 2.45) is 0 Å². The highest BCUT2D eigenvalue weighted by Gasteiger charge is 2.10. The average molecular weight is 384 g/mol. The Morgan fingerprint density at radius 2 is 1.83 bits per heavy atom. The molecule has 0 atom stereocenters. The zero-order valence-electron chi connectivity index (χ0n) is 12.9. The fourth-order valence-electron chi connectivity index (χ4n) is 2.19. The summed E-state index contributed by atoms with van der Waals surface area (Å²) in [7, 11) is 0. The largest absolute Gasteiger partial charge is 0.322 e. The van der Waals surface area contributed by atoms with Gasteiger partial charge in [0.05, 0.1) is 17.4 Å². The minimum Gasteiger partial charge on any atom is -0.322 e. The van der Waals surface area contributed by atoms with Crippen LogP contribution < -0.4 is 5.32 Å². The standard InChI is InChI=1S/C18H14BrN3O2/c1-12(23)13-3-2-4-16(9-13)21-18(24)14-10-20-22(11-14)17-7-5-15(19)6-8-17/h2-11H,1H3,(H,21,24). The summed E-state index contributed by atoms with van der Waals surface area (Å²) in [5.41, 5.74) is 2.42. The number of benzene rings is 2. The van der Waals surface area contributed by atoms with E-state index in [-0.39, 0.29) is 11.7 Å². The van der Waals surface area contributed by atoms with Crippen molar-refractivity contribution in [2.75, 3.05) is 5.32 Å². The summed E-state index contributed by atoms with van der Waals surface area (Å²) in [4.78, 5) is 23.7. The van der Waals surface area contributed by atoms with Gasteiger partial charge in [0.25, 0.3) is 5.91 Å². The van der Waals surface area contributed by atoms with Crippen LogP contribution in [0, 0.1) is 0 Å². The summed E-state index contributed by atoms with van der Waals surface area (Å²) < 4.78 is 2.61. The van der Waals surface area contributed by atoms with Gasteiger partial charge in [0.1, 0.15) is 0 Å². The third-order valence-electron chi connectivity index (χ3n) is 3.46. The predicted octanol–water partition coefficient (Wildman–Crippen LogP) is 4.09. The second kappa shape index (κ2) is 6.80. The molecule has 24 heavy (non-hydrogen) atoms. The van der Waals surface area contributed by atoms with E-state index in [1.807, 2.05) is 24.3 Å². The highest BCUT2D eigenvalue weighted by atomic mass is 79.9. The van der Waals surface area contributed by atoms with Crippen molar-refractivity contribution in [1.29, 1.82) is 0 Å². The number of hydrogen-bond acceptors (Lipinski definition) is 3. The molecular formula is C18H14BrN3O2. The first-order valence-corrected chi connectivity index (χ1v) is 8.05. The van der Waals surface area contributed by atoms with Gasteiger partial charge in [-0.15, -0.1) is 0 Å². The molecule has 1 aromatic heterocycles. The van der Waals surface area contributed by atoms with Gasteiger partial charge in [-0.3, -0.25) is 9.59 Å². The average Bonchev–Trinajstić information content (AvgIpc) is 3.06. The van der Waals surface area contributed by atoms with Crippen molar-refractivity contribution in [1.82, 2.24) is 9.78 Å². The van der Waals surface area contributed by atoms with E-state index in [1.165, 1.54) is 13.1 Å². The lowest BCUT2D eigenvalue weighted by Crippen LogP contribution is -2.11. The van der Waals surface area contributed by atoms with Gasteiger partial charge >= 0.3 is 0 Å². The van der Waals surface area contributed by atoms with Crippen molar-refractivity contribution >= 4 is 33.3 Å². The molecule has 3 aromatic rings. The number of Topliss-reactive ketones (excluding diaryl/α,β-unsaturated/α-hetero) is 1. The van der Waals surface area contributed by atoms with Crippen molar-refractivity contribution in [3.8, 4) is 5.69 Å². The van der Waals surface area contributed by atoms with Crippen molar-refractivity contribution < 1.29 is 9.59 Å². The maximum Gasteiger partial charge on any atom is 0.258 e. The Kier molecular flexibility index (Phi) is 4.57. The summed E-state index contributed by atoms with van der Waals surface area (Å²) >= 11 is 3.38. The first-order chi connectivity index (χ1) is 11.5. The van der Waals surface area contributed by atoms with Crippen LogP contribution in [-0.2, 0) is 0 Å². The van der Waals surface area contributed by atoms with Gasteiger partial charge in [-0.2, -0.15) is 5.10 Å². The van der Waals surface area contributed by atoms with E-state index in [4.69, 9.17) is 0 Å². The van der Waals surface area contributed by atoms with E-state index < -0.39 is 0 Å². The predicted molar refractivity (Wildman–Crippen MR) is 95.7 cm³/mol. The van der Waals surface area contributed by atoms with Crippen molar-refractivity contribution in [3.63, 3.8) is 0 Å². The number of hydrogen-bond donors (Lipinski definition) is 1. The number of rotatable bonds is 4. The molecule has 0 saturated carbocycles. The second-order valence-corrected chi connectivity index (χ2v) is 6.16. The van der Waals surface area contributed by atoms with Crippen LogP contribution in [0.1, 0.15) is 27.6 Å². The Morgan fingerprint density at radius 1 is 1.08 bits per heavy atom. The molecule has 0 aliphatic heterocycles. The van der Waals surface area contributed by atoms with Crippen LogP contribution in [-0.4, -0.2) is 21.5 Å². The van der Waals surface area contributed by atoms with E-state index in [2.05, 4.69) is 26.3 Å². The van der Waals surface area contributed by atoms with Gasteiger partial charge in [-0.25, -0.2) is 4.68 Å². The minimum atomic E-state index is -0.279. The summed E-state index contributed by atoms with van der Waals surface area (Å²) in [6.45, 7) is 1.49. The molecule has 0 unspecified atom stereocenters. The quantitative estimate of drug-likeness (QED) is 0.690. The normalized spacial score (nSPS) is 10.4. The number of anilines is 1. The lowest BCUT2D eigenvalue weighted by molar-refractivity contribution is 0.101. The molecule has 1 heterocycles. The zero-order chi connectivity index (χ0) is 17.1. The monoisotopic (exact) mass is 383 g/mol. The SMILES string of the molecule is CC(=O)c1cccc(NC(=O)c2cnn(-c3ccc(Br)cc3)c2)c1. The molecule has 120 valence electrons. The molecule has 1 amide bonds. The fourth-order valence-corrected chi connectivity index (χ4v) is 2.46. The molecule has 0 fully saturated rings. The lowest BCUT2D eigenvalue weighted by Gasteiger charge is -2.05. The number of carbonyl (C=O) groups is 2.